The van der Waals surface area contributed by atoms with Gasteiger partial charge in [0.15, 0.2) is 5.79 Å². The van der Waals surface area contributed by atoms with Gasteiger partial charge in [-0.15, -0.1) is 0 Å². The van der Waals surface area contributed by atoms with Gasteiger partial charge in [0.2, 0.25) is 11.8 Å². The van der Waals surface area contributed by atoms with E-state index in [-0.39, 0.29) is 23.9 Å². The number of amides is 2. The molecule has 0 aromatic heterocycles. The van der Waals surface area contributed by atoms with E-state index in [1.54, 1.807) is 0 Å². The lowest BCUT2D eigenvalue weighted by atomic mass is 9.92. The third-order valence-electron chi connectivity index (χ3n) is 8.75. The first-order chi connectivity index (χ1) is 17.7. The lowest BCUT2D eigenvalue weighted by Gasteiger charge is -2.49. The second-order valence-electron chi connectivity index (χ2n) is 12.9. The van der Waals surface area contributed by atoms with Crippen molar-refractivity contribution in [3.05, 3.63) is 0 Å². The molecule has 0 unspecified atom stereocenters. The Kier molecular flexibility index (Phi) is 9.92. The van der Waals surface area contributed by atoms with E-state index in [0.29, 0.717) is 50.1 Å². The highest BCUT2D eigenvalue weighted by Gasteiger charge is 2.47. The van der Waals surface area contributed by atoms with E-state index < -0.39 is 11.8 Å². The molecule has 0 radical (unpaired) electrons. The van der Waals surface area contributed by atoms with Crippen molar-refractivity contribution in [3.63, 3.8) is 0 Å². The third kappa shape index (κ3) is 7.25. The second-order valence-corrected chi connectivity index (χ2v) is 12.9. The summed E-state index contributed by atoms with van der Waals surface area (Å²) in [5, 5.41) is 3.40. The topological polar surface area (TPSA) is 74.3 Å². The summed E-state index contributed by atoms with van der Waals surface area (Å²) in [4.78, 5) is 33.9. The zero-order valence-corrected chi connectivity index (χ0v) is 24.0. The monoisotopic (exact) mass is 520 g/mol. The SMILES string of the molecule is CC(C)CC[C@@H]1NCCN([C@@H](CC(C)C)C(=O)N2CCC3(C[C@@H]2C)OCC(CN2CCCC2)CO3)C1=O. The fourth-order valence-corrected chi connectivity index (χ4v) is 6.62. The van der Waals surface area contributed by atoms with Crippen LogP contribution in [0.3, 0.4) is 0 Å². The van der Waals surface area contributed by atoms with Crippen LogP contribution in [0.2, 0.25) is 0 Å². The number of nitrogens with one attached hydrogen (secondary N) is 1. The van der Waals surface area contributed by atoms with Crippen molar-refractivity contribution in [1.82, 2.24) is 20.0 Å². The van der Waals surface area contributed by atoms with Crippen LogP contribution in [-0.4, -0.2) is 103 Å². The minimum Gasteiger partial charge on any atom is -0.349 e. The third-order valence-corrected chi connectivity index (χ3v) is 8.75. The van der Waals surface area contributed by atoms with Crippen LogP contribution in [0.25, 0.3) is 0 Å². The number of piperazine rings is 1. The van der Waals surface area contributed by atoms with Crippen LogP contribution in [-0.2, 0) is 19.1 Å². The second kappa shape index (κ2) is 12.8. The first-order valence-corrected chi connectivity index (χ1v) is 15.0. The summed E-state index contributed by atoms with van der Waals surface area (Å²) in [5.41, 5.74) is 0. The van der Waals surface area contributed by atoms with Gasteiger partial charge >= 0.3 is 0 Å². The van der Waals surface area contributed by atoms with E-state index in [1.807, 2.05) is 9.80 Å². The molecule has 0 aromatic carbocycles. The smallest absolute Gasteiger partial charge is 0.245 e. The highest BCUT2D eigenvalue weighted by atomic mass is 16.7. The molecule has 3 atom stereocenters. The Bertz CT molecular complexity index is 761. The number of rotatable bonds is 9. The number of hydrogen-bond acceptors (Lipinski definition) is 6. The molecule has 2 amide bonds. The molecule has 212 valence electrons. The van der Waals surface area contributed by atoms with Gasteiger partial charge in [0.25, 0.3) is 0 Å². The normalized spacial score (nSPS) is 32.6. The molecule has 1 spiro atoms. The highest BCUT2D eigenvalue weighted by molar-refractivity contribution is 5.90. The molecule has 4 aliphatic heterocycles. The number of piperidine rings is 1. The van der Waals surface area contributed by atoms with Gasteiger partial charge in [0.05, 0.1) is 19.3 Å². The van der Waals surface area contributed by atoms with E-state index in [1.165, 1.54) is 25.9 Å². The average molecular weight is 521 g/mol. The maximum Gasteiger partial charge on any atom is 0.245 e. The molecule has 4 aliphatic rings. The van der Waals surface area contributed by atoms with Crippen molar-refractivity contribution in [1.29, 1.82) is 0 Å². The Balaban J connectivity index is 1.36. The minimum atomic E-state index is -0.571. The molecule has 0 aromatic rings. The molecule has 0 bridgehead atoms. The molecule has 8 heteroatoms. The first-order valence-electron chi connectivity index (χ1n) is 15.0. The van der Waals surface area contributed by atoms with Crippen molar-refractivity contribution in [2.75, 3.05) is 52.5 Å². The summed E-state index contributed by atoms with van der Waals surface area (Å²) in [6.45, 7) is 17.6. The van der Waals surface area contributed by atoms with Crippen LogP contribution in [0.5, 0.6) is 0 Å². The Labute approximate surface area is 224 Å². The van der Waals surface area contributed by atoms with Gasteiger partial charge in [-0.3, -0.25) is 9.59 Å². The molecule has 4 fully saturated rings. The molecule has 0 saturated carbocycles. The first kappa shape index (κ1) is 28.8. The molecule has 1 N–H and O–H groups in total. The van der Waals surface area contributed by atoms with E-state index in [9.17, 15) is 9.59 Å². The highest BCUT2D eigenvalue weighted by Crippen LogP contribution is 2.36. The van der Waals surface area contributed by atoms with Gasteiger partial charge in [-0.1, -0.05) is 27.7 Å². The number of carbonyl (C=O) groups is 2. The van der Waals surface area contributed by atoms with Crippen molar-refractivity contribution in [2.24, 2.45) is 17.8 Å². The Morgan fingerprint density at radius 1 is 1.05 bits per heavy atom. The molecule has 8 nitrogen and oxygen atoms in total. The van der Waals surface area contributed by atoms with Crippen LogP contribution in [0.4, 0.5) is 0 Å². The molecular formula is C29H52N4O4. The predicted octanol–water partition coefficient (Wildman–Crippen LogP) is 3.10. The maximum absolute atomic E-state index is 14.0. The summed E-state index contributed by atoms with van der Waals surface area (Å²) in [5.74, 6) is 0.926. The standard InChI is InChI=1S/C29H52N4O4/c1-21(2)8-9-25-27(34)33(15-11-30-25)26(16-22(3)4)28(35)32-14-10-29(17-23(32)5)36-19-24(20-37-29)18-31-12-6-7-13-31/h21-26,30H,6-20H2,1-5H3/t23-,24?,25-,26-,29?/m0/s1. The summed E-state index contributed by atoms with van der Waals surface area (Å²) in [7, 11) is 0. The van der Waals surface area contributed by atoms with E-state index >= 15 is 0 Å². The van der Waals surface area contributed by atoms with Crippen molar-refractivity contribution in [3.8, 4) is 0 Å². The lowest BCUT2D eigenvalue weighted by molar-refractivity contribution is -0.303. The molecule has 4 saturated heterocycles. The number of hydrogen-bond donors (Lipinski definition) is 1. The van der Waals surface area contributed by atoms with Gasteiger partial charge in [0.1, 0.15) is 6.04 Å². The summed E-state index contributed by atoms with van der Waals surface area (Å²) in [6.07, 6.45) is 6.51. The summed E-state index contributed by atoms with van der Waals surface area (Å²) in [6, 6.07) is -0.565. The van der Waals surface area contributed by atoms with E-state index in [0.717, 1.165) is 39.1 Å². The van der Waals surface area contributed by atoms with E-state index in [4.69, 9.17) is 9.47 Å². The number of likely N-dealkylation sites (tertiary alicyclic amines) is 2. The lowest BCUT2D eigenvalue weighted by Crippen LogP contribution is -2.64. The van der Waals surface area contributed by atoms with Crippen molar-refractivity contribution in [2.45, 2.75) is 103 Å². The van der Waals surface area contributed by atoms with Gasteiger partial charge in [0, 0.05) is 51.0 Å². The Morgan fingerprint density at radius 3 is 2.38 bits per heavy atom. The summed E-state index contributed by atoms with van der Waals surface area (Å²) < 4.78 is 12.8. The Morgan fingerprint density at radius 2 is 1.76 bits per heavy atom. The van der Waals surface area contributed by atoms with Crippen LogP contribution in [0.15, 0.2) is 0 Å². The number of carbonyl (C=O) groups excluding carboxylic acids is 2. The summed E-state index contributed by atoms with van der Waals surface area (Å²) >= 11 is 0. The largest absolute Gasteiger partial charge is 0.349 e. The van der Waals surface area contributed by atoms with Gasteiger partial charge in [-0.25, -0.2) is 0 Å². The molecular weight excluding hydrogens is 468 g/mol. The zero-order chi connectivity index (χ0) is 26.6. The zero-order valence-electron chi connectivity index (χ0n) is 24.0. The molecule has 4 heterocycles. The van der Waals surface area contributed by atoms with Crippen LogP contribution in [0, 0.1) is 17.8 Å². The fraction of sp³-hybridized carbons (Fsp3) is 0.931. The van der Waals surface area contributed by atoms with Crippen LogP contribution in [0.1, 0.15) is 79.6 Å². The van der Waals surface area contributed by atoms with Crippen molar-refractivity contribution < 1.29 is 19.1 Å². The van der Waals surface area contributed by atoms with Crippen molar-refractivity contribution >= 4 is 11.8 Å². The fourth-order valence-electron chi connectivity index (χ4n) is 6.62. The van der Waals surface area contributed by atoms with Crippen LogP contribution < -0.4 is 5.32 Å². The number of ether oxygens (including phenoxy) is 2. The minimum absolute atomic E-state index is 0.0146. The molecule has 0 aliphatic carbocycles. The van der Waals surface area contributed by atoms with Crippen LogP contribution >= 0.6 is 0 Å². The maximum atomic E-state index is 14.0. The number of nitrogens with zero attached hydrogens (tertiary/aromatic N) is 3. The Hall–Kier alpha value is -1.22. The molecule has 4 rings (SSSR count). The quantitative estimate of drug-likeness (QED) is 0.504. The predicted molar refractivity (Wildman–Crippen MR) is 145 cm³/mol. The van der Waals surface area contributed by atoms with E-state index in [2.05, 4.69) is 44.8 Å². The average Bonchev–Trinajstić information content (AvgIpc) is 3.36. The van der Waals surface area contributed by atoms with Gasteiger partial charge < -0.3 is 29.5 Å². The molecule has 37 heavy (non-hydrogen) atoms. The van der Waals surface area contributed by atoms with Gasteiger partial charge in [-0.2, -0.15) is 0 Å². The van der Waals surface area contributed by atoms with Gasteiger partial charge in [-0.05, 0) is 64.0 Å².